The second-order valence-electron chi connectivity index (χ2n) is 2.70. The standard InChI is InChI=1S/C9H6F4O2/c1-15-7-3-5(4-14)2-6(8(7)10)9(11,12)13/h2-4H,1H3. The predicted octanol–water partition coefficient (Wildman–Crippen LogP) is 2.67. The number of rotatable bonds is 2. The molecule has 1 aromatic carbocycles. The Hall–Kier alpha value is -1.59. The molecular formula is C9H6F4O2. The van der Waals surface area contributed by atoms with Crippen LogP contribution in [0.2, 0.25) is 0 Å². The maximum Gasteiger partial charge on any atom is 0.419 e. The molecule has 0 saturated carbocycles. The number of carbonyl (C=O) groups is 1. The highest BCUT2D eigenvalue weighted by Crippen LogP contribution is 2.35. The van der Waals surface area contributed by atoms with Gasteiger partial charge in [-0.2, -0.15) is 13.2 Å². The number of methoxy groups -OCH3 is 1. The monoisotopic (exact) mass is 222 g/mol. The lowest BCUT2D eigenvalue weighted by Gasteiger charge is -2.11. The van der Waals surface area contributed by atoms with Crippen molar-refractivity contribution in [1.29, 1.82) is 0 Å². The SMILES string of the molecule is COc1cc(C=O)cc(C(F)(F)F)c1F. The smallest absolute Gasteiger partial charge is 0.419 e. The van der Waals surface area contributed by atoms with Crippen LogP contribution in [-0.4, -0.2) is 13.4 Å². The molecule has 0 heterocycles. The summed E-state index contributed by atoms with van der Waals surface area (Å²) in [5.41, 5.74) is -1.80. The van der Waals surface area contributed by atoms with Crippen molar-refractivity contribution in [2.24, 2.45) is 0 Å². The van der Waals surface area contributed by atoms with Gasteiger partial charge in [0, 0.05) is 5.56 Å². The van der Waals surface area contributed by atoms with Crippen molar-refractivity contribution in [3.8, 4) is 5.75 Å². The molecule has 0 aliphatic carbocycles. The van der Waals surface area contributed by atoms with E-state index in [-0.39, 0.29) is 11.8 Å². The average molecular weight is 222 g/mol. The molecular weight excluding hydrogens is 216 g/mol. The molecule has 1 rings (SSSR count). The third-order valence-electron chi connectivity index (χ3n) is 1.72. The topological polar surface area (TPSA) is 26.3 Å². The van der Waals surface area contributed by atoms with Crippen LogP contribution in [-0.2, 0) is 6.18 Å². The Morgan fingerprint density at radius 2 is 1.93 bits per heavy atom. The first-order valence-electron chi connectivity index (χ1n) is 3.80. The maximum atomic E-state index is 13.1. The fourth-order valence-electron chi connectivity index (χ4n) is 1.04. The number of hydrogen-bond acceptors (Lipinski definition) is 2. The first-order chi connectivity index (χ1) is 6.90. The molecule has 82 valence electrons. The molecule has 15 heavy (non-hydrogen) atoms. The van der Waals surface area contributed by atoms with Gasteiger partial charge in [-0.1, -0.05) is 0 Å². The summed E-state index contributed by atoms with van der Waals surface area (Å²) in [6.07, 6.45) is -4.66. The van der Waals surface area contributed by atoms with E-state index in [4.69, 9.17) is 0 Å². The lowest BCUT2D eigenvalue weighted by molar-refractivity contribution is -0.140. The van der Waals surface area contributed by atoms with Gasteiger partial charge in [-0.15, -0.1) is 0 Å². The zero-order chi connectivity index (χ0) is 11.6. The molecule has 0 aliphatic rings. The summed E-state index contributed by atoms with van der Waals surface area (Å²) in [5, 5.41) is 0. The zero-order valence-electron chi connectivity index (χ0n) is 7.56. The lowest BCUT2D eigenvalue weighted by Crippen LogP contribution is -2.10. The van der Waals surface area contributed by atoms with E-state index in [0.717, 1.165) is 13.2 Å². The predicted molar refractivity (Wildman–Crippen MR) is 43.3 cm³/mol. The van der Waals surface area contributed by atoms with Crippen LogP contribution in [0.25, 0.3) is 0 Å². The quantitative estimate of drug-likeness (QED) is 0.568. The van der Waals surface area contributed by atoms with Gasteiger partial charge in [0.2, 0.25) is 0 Å². The van der Waals surface area contributed by atoms with Gasteiger partial charge in [-0.25, -0.2) is 4.39 Å². The van der Waals surface area contributed by atoms with Gasteiger partial charge in [0.1, 0.15) is 6.29 Å². The molecule has 2 nitrogen and oxygen atoms in total. The summed E-state index contributed by atoms with van der Waals surface area (Å²) >= 11 is 0. The van der Waals surface area contributed by atoms with Crippen molar-refractivity contribution < 1.29 is 27.1 Å². The Kier molecular flexibility index (Phi) is 2.97. The molecule has 1 aromatic rings. The summed E-state index contributed by atoms with van der Waals surface area (Å²) in [6.45, 7) is 0. The van der Waals surface area contributed by atoms with Crippen molar-refractivity contribution in [3.05, 3.63) is 29.1 Å². The molecule has 0 fully saturated rings. The van der Waals surface area contributed by atoms with Gasteiger partial charge < -0.3 is 4.74 Å². The number of carbonyl (C=O) groups excluding carboxylic acids is 1. The minimum absolute atomic E-state index is 0.192. The molecule has 0 N–H and O–H groups in total. The molecule has 0 aromatic heterocycles. The molecule has 0 radical (unpaired) electrons. The summed E-state index contributed by atoms with van der Waals surface area (Å²) in [4.78, 5) is 10.3. The Morgan fingerprint density at radius 3 is 2.33 bits per heavy atom. The van der Waals surface area contributed by atoms with Gasteiger partial charge in [0.15, 0.2) is 11.6 Å². The number of ether oxygens (including phenoxy) is 1. The van der Waals surface area contributed by atoms with E-state index in [9.17, 15) is 22.4 Å². The fourth-order valence-corrected chi connectivity index (χ4v) is 1.04. The van der Waals surface area contributed by atoms with Crippen LogP contribution in [0.1, 0.15) is 15.9 Å². The third-order valence-corrected chi connectivity index (χ3v) is 1.72. The minimum atomic E-state index is -4.85. The highest BCUT2D eigenvalue weighted by atomic mass is 19.4. The van der Waals surface area contributed by atoms with E-state index in [0.29, 0.717) is 6.07 Å². The average Bonchev–Trinajstić information content (AvgIpc) is 2.16. The summed E-state index contributed by atoms with van der Waals surface area (Å²) in [5.74, 6) is -2.12. The largest absolute Gasteiger partial charge is 0.494 e. The third kappa shape index (κ3) is 2.26. The van der Waals surface area contributed by atoms with Crippen LogP contribution >= 0.6 is 0 Å². The van der Waals surface area contributed by atoms with Gasteiger partial charge in [0.25, 0.3) is 0 Å². The first kappa shape index (κ1) is 11.5. The van der Waals surface area contributed by atoms with Crippen LogP contribution in [0.3, 0.4) is 0 Å². The van der Waals surface area contributed by atoms with Crippen molar-refractivity contribution in [2.45, 2.75) is 6.18 Å². The fraction of sp³-hybridized carbons (Fsp3) is 0.222. The van der Waals surface area contributed by atoms with Crippen LogP contribution in [0.5, 0.6) is 5.75 Å². The number of hydrogen-bond donors (Lipinski definition) is 0. The number of halogens is 4. The van der Waals surface area contributed by atoms with Crippen LogP contribution in [0, 0.1) is 5.82 Å². The van der Waals surface area contributed by atoms with Crippen LogP contribution in [0.4, 0.5) is 17.6 Å². The normalized spacial score (nSPS) is 11.3. The number of alkyl halides is 3. The van der Waals surface area contributed by atoms with E-state index in [1.807, 2.05) is 0 Å². The Bertz CT molecular complexity index is 384. The lowest BCUT2D eigenvalue weighted by atomic mass is 10.1. The molecule has 0 atom stereocenters. The van der Waals surface area contributed by atoms with E-state index in [1.54, 1.807) is 0 Å². The first-order valence-corrected chi connectivity index (χ1v) is 3.80. The van der Waals surface area contributed by atoms with Gasteiger partial charge >= 0.3 is 6.18 Å². The second-order valence-corrected chi connectivity index (χ2v) is 2.70. The Labute approximate surface area is 82.5 Å². The Morgan fingerprint density at radius 1 is 1.33 bits per heavy atom. The Balaban J connectivity index is 3.44. The number of benzene rings is 1. The summed E-state index contributed by atoms with van der Waals surface area (Å²) < 4.78 is 54.3. The maximum absolute atomic E-state index is 13.1. The summed E-state index contributed by atoms with van der Waals surface area (Å²) in [7, 11) is 1.02. The molecule has 6 heteroatoms. The van der Waals surface area contributed by atoms with E-state index >= 15 is 0 Å². The highest BCUT2D eigenvalue weighted by Gasteiger charge is 2.36. The molecule has 0 amide bonds. The zero-order valence-corrected chi connectivity index (χ0v) is 7.56. The highest BCUT2D eigenvalue weighted by molar-refractivity contribution is 5.76. The number of aldehydes is 1. The molecule has 0 bridgehead atoms. The van der Waals surface area contributed by atoms with Crippen molar-refractivity contribution >= 4 is 6.29 Å². The van der Waals surface area contributed by atoms with Crippen LogP contribution < -0.4 is 4.74 Å². The van der Waals surface area contributed by atoms with Crippen molar-refractivity contribution in [1.82, 2.24) is 0 Å². The van der Waals surface area contributed by atoms with Crippen molar-refractivity contribution in [3.63, 3.8) is 0 Å². The molecule has 0 aliphatic heterocycles. The van der Waals surface area contributed by atoms with E-state index in [2.05, 4.69) is 4.74 Å². The van der Waals surface area contributed by atoms with Crippen molar-refractivity contribution in [2.75, 3.05) is 7.11 Å². The van der Waals surface area contributed by atoms with E-state index in [1.165, 1.54) is 0 Å². The summed E-state index contributed by atoms with van der Waals surface area (Å²) in [6, 6.07) is 1.34. The van der Waals surface area contributed by atoms with Gasteiger partial charge in [-0.05, 0) is 12.1 Å². The molecule has 0 saturated heterocycles. The van der Waals surface area contributed by atoms with E-state index < -0.39 is 23.3 Å². The second kappa shape index (κ2) is 3.88. The molecule has 0 spiro atoms. The van der Waals surface area contributed by atoms with Gasteiger partial charge in [0.05, 0.1) is 12.7 Å². The van der Waals surface area contributed by atoms with Crippen LogP contribution in [0.15, 0.2) is 12.1 Å². The minimum Gasteiger partial charge on any atom is -0.494 e. The van der Waals surface area contributed by atoms with Gasteiger partial charge in [-0.3, -0.25) is 4.79 Å². The molecule has 0 unspecified atom stereocenters.